The lowest BCUT2D eigenvalue weighted by molar-refractivity contribution is -0.110. The van der Waals surface area contributed by atoms with Crippen LogP contribution in [0.3, 0.4) is 0 Å². The molecule has 34 heavy (non-hydrogen) atoms. The van der Waals surface area contributed by atoms with Gasteiger partial charge in [0.25, 0.3) is 5.91 Å². The summed E-state index contributed by atoms with van der Waals surface area (Å²) in [4.78, 5) is 27.1. The van der Waals surface area contributed by atoms with Crippen LogP contribution in [0.1, 0.15) is 34.0 Å². The molecule has 0 saturated heterocycles. The molecule has 0 spiro atoms. The van der Waals surface area contributed by atoms with E-state index in [0.717, 1.165) is 5.56 Å². The van der Waals surface area contributed by atoms with Gasteiger partial charge in [0.1, 0.15) is 5.82 Å². The molecule has 1 aliphatic heterocycles. The van der Waals surface area contributed by atoms with Crippen molar-refractivity contribution in [1.82, 2.24) is 4.90 Å². The number of anilines is 2. The van der Waals surface area contributed by atoms with Crippen LogP contribution in [-0.4, -0.2) is 37.5 Å². The molecule has 3 aromatic rings. The predicted molar refractivity (Wildman–Crippen MR) is 132 cm³/mol. The Morgan fingerprint density at radius 1 is 1.03 bits per heavy atom. The summed E-state index contributed by atoms with van der Waals surface area (Å²) in [5, 5.41) is 6.10. The zero-order valence-corrected chi connectivity index (χ0v) is 19.3. The second kappa shape index (κ2) is 9.89. The van der Waals surface area contributed by atoms with Crippen molar-refractivity contribution in [2.75, 3.05) is 31.3 Å². The average molecular weight is 460 g/mol. The molecule has 1 amide bonds. The number of hydrogen-bond acceptors (Lipinski definition) is 5. The Hall–Kier alpha value is -3.97. The largest absolute Gasteiger partial charge is 0.462 e. The quantitative estimate of drug-likeness (QED) is 0.385. The number of ether oxygens (including phenoxy) is 1. The van der Waals surface area contributed by atoms with E-state index in [4.69, 9.17) is 4.74 Å². The molecular weight excluding hydrogens is 433 g/mol. The van der Waals surface area contributed by atoms with Gasteiger partial charge in [0.15, 0.2) is 0 Å². The lowest BCUT2D eigenvalue weighted by Crippen LogP contribution is -2.12. The number of esters is 1. The summed E-state index contributed by atoms with van der Waals surface area (Å²) in [6.07, 6.45) is 0. The Morgan fingerprint density at radius 2 is 1.79 bits per heavy atom. The van der Waals surface area contributed by atoms with Gasteiger partial charge in [0, 0.05) is 23.4 Å². The molecule has 2 N–H and O–H groups in total. The minimum atomic E-state index is -0.452. The first kappa shape index (κ1) is 23.2. The van der Waals surface area contributed by atoms with Crippen LogP contribution in [0.15, 0.2) is 66.7 Å². The topological polar surface area (TPSA) is 70.7 Å². The average Bonchev–Trinajstić information content (AvgIpc) is 3.14. The zero-order valence-electron chi connectivity index (χ0n) is 19.3. The zero-order chi connectivity index (χ0) is 24.2. The molecule has 0 unspecified atom stereocenters. The third-order valence-electron chi connectivity index (χ3n) is 5.40. The Labute approximate surface area is 198 Å². The molecule has 0 fully saturated rings. The fourth-order valence-corrected chi connectivity index (χ4v) is 3.88. The summed E-state index contributed by atoms with van der Waals surface area (Å²) < 4.78 is 19.8. The molecule has 1 heterocycles. The Balaban J connectivity index is 1.79. The van der Waals surface area contributed by atoms with Crippen molar-refractivity contribution >= 4 is 34.5 Å². The molecule has 0 aliphatic carbocycles. The Morgan fingerprint density at radius 3 is 2.47 bits per heavy atom. The molecule has 3 aromatic carbocycles. The van der Waals surface area contributed by atoms with Crippen molar-refractivity contribution in [3.8, 4) is 0 Å². The van der Waals surface area contributed by atoms with Gasteiger partial charge in [-0.3, -0.25) is 4.79 Å². The number of halogens is 1. The summed E-state index contributed by atoms with van der Waals surface area (Å²) in [6, 6.07) is 19.3. The molecule has 0 aromatic heterocycles. The highest BCUT2D eigenvalue weighted by Gasteiger charge is 2.29. The first-order valence-electron chi connectivity index (χ1n) is 11.0. The number of nitrogens with one attached hydrogen (secondary N) is 2. The van der Waals surface area contributed by atoms with E-state index >= 15 is 0 Å². The molecule has 0 bridgehead atoms. The van der Waals surface area contributed by atoms with Gasteiger partial charge in [-0.05, 0) is 50.8 Å². The fourth-order valence-electron chi connectivity index (χ4n) is 3.88. The van der Waals surface area contributed by atoms with Gasteiger partial charge in [0.2, 0.25) is 0 Å². The van der Waals surface area contributed by atoms with Gasteiger partial charge in [-0.2, -0.15) is 0 Å². The standard InChI is InChI=1S/C27H26FN3O3/c1-4-34-27(33)18-11-13-21-23(14-18)30-26(32)24(21)25(17-8-6-5-7-9-17)29-20-12-10-19(16-31(2)3)22(28)15-20/h5-15,29H,4,16H2,1-3H3,(H,30,32). The molecule has 4 rings (SSSR count). The highest BCUT2D eigenvalue weighted by Crippen LogP contribution is 2.38. The summed E-state index contributed by atoms with van der Waals surface area (Å²) in [6.45, 7) is 2.48. The SMILES string of the molecule is CCOC(=O)c1ccc2c(c1)NC(=O)C2=C(Nc1ccc(CN(C)C)c(F)c1)c1ccccc1. The van der Waals surface area contributed by atoms with Crippen LogP contribution in [0.5, 0.6) is 0 Å². The first-order chi connectivity index (χ1) is 16.4. The van der Waals surface area contributed by atoms with Crippen molar-refractivity contribution in [3.63, 3.8) is 0 Å². The highest BCUT2D eigenvalue weighted by molar-refractivity contribution is 6.37. The summed E-state index contributed by atoms with van der Waals surface area (Å²) in [7, 11) is 3.76. The number of benzene rings is 3. The monoisotopic (exact) mass is 459 g/mol. The number of nitrogens with zero attached hydrogens (tertiary/aromatic N) is 1. The lowest BCUT2D eigenvalue weighted by atomic mass is 9.99. The maximum absolute atomic E-state index is 14.7. The Kier molecular flexibility index (Phi) is 6.75. The molecule has 174 valence electrons. The lowest BCUT2D eigenvalue weighted by Gasteiger charge is -2.16. The minimum absolute atomic E-state index is 0.263. The molecule has 0 radical (unpaired) electrons. The summed E-state index contributed by atoms with van der Waals surface area (Å²) >= 11 is 0. The van der Waals surface area contributed by atoms with Crippen molar-refractivity contribution in [1.29, 1.82) is 0 Å². The number of fused-ring (bicyclic) bond motifs is 1. The minimum Gasteiger partial charge on any atom is -0.462 e. The molecule has 1 aliphatic rings. The van der Waals surface area contributed by atoms with Crippen molar-refractivity contribution in [2.24, 2.45) is 0 Å². The van der Waals surface area contributed by atoms with E-state index in [1.807, 2.05) is 49.3 Å². The van der Waals surface area contributed by atoms with Gasteiger partial charge in [0.05, 0.1) is 29.1 Å². The number of rotatable bonds is 7. The maximum Gasteiger partial charge on any atom is 0.338 e. The van der Waals surface area contributed by atoms with Crippen LogP contribution in [0.25, 0.3) is 11.3 Å². The Bertz CT molecular complexity index is 1270. The van der Waals surface area contributed by atoms with E-state index < -0.39 is 5.97 Å². The van der Waals surface area contributed by atoms with Gasteiger partial charge in [-0.25, -0.2) is 9.18 Å². The van der Waals surface area contributed by atoms with Crippen LogP contribution < -0.4 is 10.6 Å². The molecular formula is C27H26FN3O3. The molecule has 6 nitrogen and oxygen atoms in total. The maximum atomic E-state index is 14.7. The van der Waals surface area contributed by atoms with Crippen molar-refractivity contribution in [3.05, 3.63) is 94.8 Å². The molecule has 7 heteroatoms. The van der Waals surface area contributed by atoms with Crippen LogP contribution >= 0.6 is 0 Å². The van der Waals surface area contributed by atoms with E-state index in [1.165, 1.54) is 6.07 Å². The van der Waals surface area contributed by atoms with Crippen molar-refractivity contribution < 1.29 is 18.7 Å². The number of amides is 1. The van der Waals surface area contributed by atoms with Gasteiger partial charge >= 0.3 is 5.97 Å². The van der Waals surface area contributed by atoms with Crippen LogP contribution in [-0.2, 0) is 16.1 Å². The number of carbonyl (C=O) groups excluding carboxylic acids is 2. The first-order valence-corrected chi connectivity index (χ1v) is 11.0. The smallest absolute Gasteiger partial charge is 0.338 e. The third kappa shape index (κ3) is 4.84. The molecule has 0 atom stereocenters. The van der Waals surface area contributed by atoms with Crippen LogP contribution in [0.4, 0.5) is 15.8 Å². The van der Waals surface area contributed by atoms with Crippen molar-refractivity contribution in [2.45, 2.75) is 13.5 Å². The second-order valence-corrected chi connectivity index (χ2v) is 8.22. The van der Waals surface area contributed by atoms with E-state index in [-0.39, 0.29) is 18.3 Å². The van der Waals surface area contributed by atoms with Crippen LogP contribution in [0, 0.1) is 5.82 Å². The number of hydrogen-bond donors (Lipinski definition) is 2. The van der Waals surface area contributed by atoms with E-state index in [9.17, 15) is 14.0 Å². The summed E-state index contributed by atoms with van der Waals surface area (Å²) in [5.41, 5.74) is 4.36. The molecule has 0 saturated carbocycles. The third-order valence-corrected chi connectivity index (χ3v) is 5.40. The van der Waals surface area contributed by atoms with E-state index in [0.29, 0.717) is 45.9 Å². The number of carbonyl (C=O) groups is 2. The van der Waals surface area contributed by atoms with E-state index in [2.05, 4.69) is 10.6 Å². The van der Waals surface area contributed by atoms with Crippen LogP contribution in [0.2, 0.25) is 0 Å². The van der Waals surface area contributed by atoms with Gasteiger partial charge in [-0.15, -0.1) is 0 Å². The van der Waals surface area contributed by atoms with Gasteiger partial charge in [-0.1, -0.05) is 42.5 Å². The highest BCUT2D eigenvalue weighted by atomic mass is 19.1. The summed E-state index contributed by atoms with van der Waals surface area (Å²) in [5.74, 6) is -1.09. The predicted octanol–water partition coefficient (Wildman–Crippen LogP) is 5.00. The fraction of sp³-hybridized carbons (Fsp3) is 0.185. The van der Waals surface area contributed by atoms with Gasteiger partial charge < -0.3 is 20.3 Å². The van der Waals surface area contributed by atoms with E-state index in [1.54, 1.807) is 37.3 Å². The second-order valence-electron chi connectivity index (χ2n) is 8.22. The normalized spacial score (nSPS) is 14.0.